The van der Waals surface area contributed by atoms with Crippen molar-refractivity contribution in [2.45, 2.75) is 6.04 Å². The monoisotopic (exact) mass is 359 g/mol. The molecule has 0 aromatic heterocycles. The van der Waals surface area contributed by atoms with E-state index in [0.29, 0.717) is 10.6 Å². The van der Waals surface area contributed by atoms with Gasteiger partial charge in [0, 0.05) is 10.2 Å². The first-order valence-electron chi connectivity index (χ1n) is 5.82. The van der Waals surface area contributed by atoms with E-state index in [9.17, 15) is 14.6 Å². The van der Waals surface area contributed by atoms with Gasteiger partial charge in [0.05, 0.1) is 17.7 Å². The Morgan fingerprint density at radius 1 is 1.25 bits per heavy atom. The normalized spacial score (nSPS) is 12.2. The van der Waals surface area contributed by atoms with Crippen LogP contribution in [-0.2, 0) is 0 Å². The van der Waals surface area contributed by atoms with Gasteiger partial charge in [-0.2, -0.15) is 0 Å². The smallest absolute Gasteiger partial charge is 0.165 e. The summed E-state index contributed by atoms with van der Waals surface area (Å²) in [5.74, 6) is -1.14. The van der Waals surface area contributed by atoms with Gasteiger partial charge in [-0.25, -0.2) is 4.39 Å². The fourth-order valence-electron chi connectivity index (χ4n) is 1.76. The summed E-state index contributed by atoms with van der Waals surface area (Å²) < 4.78 is 14.1. The Hall–Kier alpha value is -1.30. The van der Waals surface area contributed by atoms with Crippen LogP contribution in [0.2, 0.25) is 5.02 Å². The van der Waals surface area contributed by atoms with Gasteiger partial charge < -0.3 is 15.5 Å². The molecule has 0 radical (unpaired) electrons. The molecule has 1 unspecified atom stereocenters. The summed E-state index contributed by atoms with van der Waals surface area (Å²) in [6.07, 6.45) is 0. The fraction of sp³-hybridized carbons (Fsp3) is 0.143. The Bertz CT molecular complexity index is 624. The molecular formula is C14H12BrClFNO2. The summed E-state index contributed by atoms with van der Waals surface area (Å²) in [6, 6.07) is 8.74. The number of aromatic hydroxyl groups is 1. The largest absolute Gasteiger partial charge is 0.505 e. The topological polar surface area (TPSA) is 52.5 Å². The molecule has 0 aliphatic rings. The highest BCUT2D eigenvalue weighted by atomic mass is 79.9. The molecule has 0 aliphatic heterocycles. The molecule has 0 amide bonds. The molecular weight excluding hydrogens is 349 g/mol. The molecule has 2 aromatic rings. The van der Waals surface area contributed by atoms with Crippen LogP contribution < -0.4 is 5.32 Å². The lowest BCUT2D eigenvalue weighted by atomic mass is 10.1. The molecule has 1 atom stereocenters. The average Bonchev–Trinajstić information content (AvgIpc) is 2.43. The second-order valence-electron chi connectivity index (χ2n) is 4.22. The predicted molar refractivity (Wildman–Crippen MR) is 80.7 cm³/mol. The van der Waals surface area contributed by atoms with Crippen LogP contribution in [0.3, 0.4) is 0 Å². The lowest BCUT2D eigenvalue weighted by molar-refractivity contribution is 0.276. The first-order chi connectivity index (χ1) is 9.51. The number of aliphatic hydroxyl groups excluding tert-OH is 1. The maximum absolute atomic E-state index is 13.3. The molecule has 106 valence electrons. The van der Waals surface area contributed by atoms with Crippen molar-refractivity contribution < 1.29 is 14.6 Å². The summed E-state index contributed by atoms with van der Waals surface area (Å²) >= 11 is 9.21. The van der Waals surface area contributed by atoms with Crippen molar-refractivity contribution in [3.63, 3.8) is 0 Å². The molecule has 0 spiro atoms. The number of nitrogens with one attached hydrogen (secondary N) is 1. The summed E-state index contributed by atoms with van der Waals surface area (Å²) in [7, 11) is 0. The Labute approximate surface area is 129 Å². The molecule has 20 heavy (non-hydrogen) atoms. The Kier molecular flexibility index (Phi) is 4.86. The second kappa shape index (κ2) is 6.43. The minimum absolute atomic E-state index is 0.218. The number of hydrogen-bond donors (Lipinski definition) is 3. The van der Waals surface area contributed by atoms with E-state index in [-0.39, 0.29) is 6.61 Å². The Balaban J connectivity index is 2.23. The SMILES string of the molecule is OCC(Nc1ccc(Cl)c(Br)c1)c1ccc(O)c(F)c1. The number of benzene rings is 2. The number of phenols is 1. The van der Waals surface area contributed by atoms with Crippen molar-refractivity contribution >= 4 is 33.2 Å². The standard InChI is InChI=1S/C14H12BrClFNO2/c15-10-6-9(2-3-11(10)16)18-13(7-19)8-1-4-14(20)12(17)5-8/h1-6,13,18-20H,7H2. The van der Waals surface area contributed by atoms with Crippen molar-refractivity contribution in [3.8, 4) is 5.75 Å². The van der Waals surface area contributed by atoms with Gasteiger partial charge in [0.25, 0.3) is 0 Å². The molecule has 3 nitrogen and oxygen atoms in total. The van der Waals surface area contributed by atoms with E-state index in [1.807, 2.05) is 0 Å². The second-order valence-corrected chi connectivity index (χ2v) is 5.48. The molecule has 0 fully saturated rings. The highest BCUT2D eigenvalue weighted by Gasteiger charge is 2.13. The van der Waals surface area contributed by atoms with Crippen LogP contribution in [0, 0.1) is 5.82 Å². The van der Waals surface area contributed by atoms with Crippen LogP contribution in [0.15, 0.2) is 40.9 Å². The molecule has 0 bridgehead atoms. The van der Waals surface area contributed by atoms with Crippen molar-refractivity contribution in [2.75, 3.05) is 11.9 Å². The van der Waals surface area contributed by atoms with Crippen LogP contribution >= 0.6 is 27.5 Å². The van der Waals surface area contributed by atoms with E-state index in [4.69, 9.17) is 11.6 Å². The van der Waals surface area contributed by atoms with Crippen molar-refractivity contribution in [2.24, 2.45) is 0 Å². The van der Waals surface area contributed by atoms with E-state index >= 15 is 0 Å². The molecule has 2 aromatic carbocycles. The third-order valence-corrected chi connectivity index (χ3v) is 4.03. The van der Waals surface area contributed by atoms with Crippen LogP contribution in [0.5, 0.6) is 5.75 Å². The summed E-state index contributed by atoms with van der Waals surface area (Å²) in [6.45, 7) is -0.218. The zero-order valence-corrected chi connectivity index (χ0v) is 12.6. The Morgan fingerprint density at radius 2 is 2.00 bits per heavy atom. The lowest BCUT2D eigenvalue weighted by Crippen LogP contribution is -2.15. The molecule has 0 saturated carbocycles. The van der Waals surface area contributed by atoms with Crippen molar-refractivity contribution in [1.29, 1.82) is 0 Å². The molecule has 0 aliphatic carbocycles. The minimum Gasteiger partial charge on any atom is -0.505 e. The van der Waals surface area contributed by atoms with Crippen LogP contribution in [-0.4, -0.2) is 16.8 Å². The zero-order chi connectivity index (χ0) is 14.7. The quantitative estimate of drug-likeness (QED) is 0.769. The van der Waals surface area contributed by atoms with Gasteiger partial charge in [0.15, 0.2) is 11.6 Å². The lowest BCUT2D eigenvalue weighted by Gasteiger charge is -2.18. The molecule has 6 heteroatoms. The molecule has 0 saturated heterocycles. The van der Waals surface area contributed by atoms with Crippen molar-refractivity contribution in [3.05, 3.63) is 57.3 Å². The Morgan fingerprint density at radius 3 is 2.60 bits per heavy atom. The van der Waals surface area contributed by atoms with E-state index in [0.717, 1.165) is 10.2 Å². The zero-order valence-electron chi connectivity index (χ0n) is 10.3. The third-order valence-electron chi connectivity index (χ3n) is 2.82. The highest BCUT2D eigenvalue weighted by Crippen LogP contribution is 2.28. The maximum atomic E-state index is 13.3. The highest BCUT2D eigenvalue weighted by molar-refractivity contribution is 9.10. The number of anilines is 1. The van der Waals surface area contributed by atoms with Gasteiger partial charge in [-0.3, -0.25) is 0 Å². The first kappa shape index (κ1) is 15.1. The fourth-order valence-corrected chi connectivity index (χ4v) is 2.26. The molecule has 2 rings (SSSR count). The van der Waals surface area contributed by atoms with Gasteiger partial charge in [-0.05, 0) is 51.8 Å². The van der Waals surface area contributed by atoms with Gasteiger partial charge in [-0.15, -0.1) is 0 Å². The molecule has 3 N–H and O–H groups in total. The number of hydrogen-bond acceptors (Lipinski definition) is 3. The first-order valence-corrected chi connectivity index (χ1v) is 6.99. The summed E-state index contributed by atoms with van der Waals surface area (Å²) in [5, 5.41) is 22.3. The van der Waals surface area contributed by atoms with E-state index in [1.54, 1.807) is 24.3 Å². The summed E-state index contributed by atoms with van der Waals surface area (Å²) in [4.78, 5) is 0. The van der Waals surface area contributed by atoms with Gasteiger partial charge in [0.1, 0.15) is 0 Å². The van der Waals surface area contributed by atoms with E-state index in [2.05, 4.69) is 21.2 Å². The number of phenolic OH excluding ortho intramolecular Hbond substituents is 1. The van der Waals surface area contributed by atoms with E-state index in [1.165, 1.54) is 12.1 Å². The average molecular weight is 361 g/mol. The minimum atomic E-state index is -0.722. The predicted octanol–water partition coefficient (Wildman–Crippen LogP) is 4.09. The molecule has 0 heterocycles. The maximum Gasteiger partial charge on any atom is 0.165 e. The number of halogens is 3. The van der Waals surface area contributed by atoms with Crippen LogP contribution in [0.1, 0.15) is 11.6 Å². The summed E-state index contributed by atoms with van der Waals surface area (Å²) in [5.41, 5.74) is 1.27. The van der Waals surface area contributed by atoms with Crippen LogP contribution in [0.25, 0.3) is 0 Å². The van der Waals surface area contributed by atoms with Crippen molar-refractivity contribution in [1.82, 2.24) is 0 Å². The van der Waals surface area contributed by atoms with E-state index < -0.39 is 17.6 Å². The van der Waals surface area contributed by atoms with Gasteiger partial charge in [-0.1, -0.05) is 17.7 Å². The van der Waals surface area contributed by atoms with Gasteiger partial charge >= 0.3 is 0 Å². The van der Waals surface area contributed by atoms with Gasteiger partial charge in [0.2, 0.25) is 0 Å². The third kappa shape index (κ3) is 3.42. The number of aliphatic hydroxyl groups is 1. The number of rotatable bonds is 4. The van der Waals surface area contributed by atoms with Crippen LogP contribution in [0.4, 0.5) is 10.1 Å².